The SMILES string of the molecule is Cc1ccc(N)c(Oc2cc(C)cc(C)c2C)c1. The second-order valence-corrected chi connectivity index (χ2v) is 4.85. The first-order chi connectivity index (χ1) is 8.47. The molecule has 0 aliphatic heterocycles. The van der Waals surface area contributed by atoms with Gasteiger partial charge in [0.05, 0.1) is 5.69 Å². The molecule has 0 heterocycles. The van der Waals surface area contributed by atoms with Crippen molar-refractivity contribution in [1.82, 2.24) is 0 Å². The summed E-state index contributed by atoms with van der Waals surface area (Å²) in [5.41, 5.74) is 11.3. The van der Waals surface area contributed by atoms with E-state index in [4.69, 9.17) is 10.5 Å². The predicted molar refractivity (Wildman–Crippen MR) is 76.3 cm³/mol. The minimum Gasteiger partial charge on any atom is -0.455 e. The number of nitrogen functional groups attached to an aromatic ring is 1. The van der Waals surface area contributed by atoms with Crippen molar-refractivity contribution in [1.29, 1.82) is 0 Å². The van der Waals surface area contributed by atoms with E-state index in [0.717, 1.165) is 22.6 Å². The summed E-state index contributed by atoms with van der Waals surface area (Å²) in [4.78, 5) is 0. The highest BCUT2D eigenvalue weighted by Gasteiger charge is 2.07. The number of rotatable bonds is 2. The minimum absolute atomic E-state index is 0.666. The van der Waals surface area contributed by atoms with Crippen LogP contribution in [0.1, 0.15) is 22.3 Å². The van der Waals surface area contributed by atoms with E-state index in [1.165, 1.54) is 11.1 Å². The van der Waals surface area contributed by atoms with Gasteiger partial charge in [-0.1, -0.05) is 12.1 Å². The Morgan fingerprint density at radius 2 is 1.50 bits per heavy atom. The van der Waals surface area contributed by atoms with Gasteiger partial charge in [-0.3, -0.25) is 0 Å². The van der Waals surface area contributed by atoms with Gasteiger partial charge in [0.25, 0.3) is 0 Å². The fraction of sp³-hybridized carbons (Fsp3) is 0.250. The maximum absolute atomic E-state index is 5.96. The molecule has 0 fully saturated rings. The van der Waals surface area contributed by atoms with Crippen molar-refractivity contribution in [2.45, 2.75) is 27.7 Å². The van der Waals surface area contributed by atoms with Crippen molar-refractivity contribution in [3.05, 3.63) is 52.6 Å². The first kappa shape index (κ1) is 12.5. The van der Waals surface area contributed by atoms with E-state index in [1.807, 2.05) is 31.2 Å². The number of hydrogen-bond donors (Lipinski definition) is 1. The third kappa shape index (κ3) is 2.48. The van der Waals surface area contributed by atoms with Crippen molar-refractivity contribution in [3.8, 4) is 11.5 Å². The molecular formula is C16H19NO. The van der Waals surface area contributed by atoms with Crippen LogP contribution in [0.2, 0.25) is 0 Å². The highest BCUT2D eigenvalue weighted by molar-refractivity contribution is 5.56. The molecule has 0 bridgehead atoms. The molecule has 2 nitrogen and oxygen atoms in total. The second kappa shape index (κ2) is 4.73. The Morgan fingerprint density at radius 1 is 0.833 bits per heavy atom. The largest absolute Gasteiger partial charge is 0.455 e. The van der Waals surface area contributed by atoms with Crippen LogP contribution in [0.3, 0.4) is 0 Å². The van der Waals surface area contributed by atoms with Crippen molar-refractivity contribution in [3.63, 3.8) is 0 Å². The lowest BCUT2D eigenvalue weighted by molar-refractivity contribution is 0.480. The van der Waals surface area contributed by atoms with Crippen LogP contribution in [0.4, 0.5) is 5.69 Å². The van der Waals surface area contributed by atoms with Crippen LogP contribution < -0.4 is 10.5 Å². The molecule has 0 saturated heterocycles. The van der Waals surface area contributed by atoms with Crippen LogP contribution in [0, 0.1) is 27.7 Å². The third-order valence-electron chi connectivity index (χ3n) is 3.15. The molecule has 2 N–H and O–H groups in total. The zero-order valence-corrected chi connectivity index (χ0v) is 11.4. The number of anilines is 1. The third-order valence-corrected chi connectivity index (χ3v) is 3.15. The molecule has 0 saturated carbocycles. The normalized spacial score (nSPS) is 10.4. The second-order valence-electron chi connectivity index (χ2n) is 4.85. The Balaban J connectivity index is 2.43. The lowest BCUT2D eigenvalue weighted by atomic mass is 10.1. The maximum atomic E-state index is 5.96. The summed E-state index contributed by atoms with van der Waals surface area (Å²) < 4.78 is 5.96. The van der Waals surface area contributed by atoms with E-state index in [2.05, 4.69) is 26.8 Å². The molecule has 2 heteroatoms. The summed E-state index contributed by atoms with van der Waals surface area (Å²) in [5, 5.41) is 0. The summed E-state index contributed by atoms with van der Waals surface area (Å²) in [7, 11) is 0. The van der Waals surface area contributed by atoms with Crippen molar-refractivity contribution < 1.29 is 4.74 Å². The van der Waals surface area contributed by atoms with E-state index in [0.29, 0.717) is 5.69 Å². The van der Waals surface area contributed by atoms with Gasteiger partial charge in [0.2, 0.25) is 0 Å². The Kier molecular flexibility index (Phi) is 3.28. The average molecular weight is 241 g/mol. The zero-order valence-electron chi connectivity index (χ0n) is 11.4. The first-order valence-electron chi connectivity index (χ1n) is 6.09. The Labute approximate surface area is 108 Å². The fourth-order valence-electron chi connectivity index (χ4n) is 1.96. The summed E-state index contributed by atoms with van der Waals surface area (Å²) >= 11 is 0. The molecule has 2 rings (SSSR count). The van der Waals surface area contributed by atoms with Crippen LogP contribution in [0.5, 0.6) is 11.5 Å². The molecule has 2 aromatic carbocycles. The molecule has 94 valence electrons. The summed E-state index contributed by atoms with van der Waals surface area (Å²) in [6.07, 6.45) is 0. The van der Waals surface area contributed by atoms with E-state index in [9.17, 15) is 0 Å². The Hall–Kier alpha value is -1.96. The van der Waals surface area contributed by atoms with Crippen LogP contribution in [-0.2, 0) is 0 Å². The zero-order chi connectivity index (χ0) is 13.3. The highest BCUT2D eigenvalue weighted by atomic mass is 16.5. The Morgan fingerprint density at radius 3 is 2.22 bits per heavy atom. The maximum Gasteiger partial charge on any atom is 0.150 e. The average Bonchev–Trinajstić information content (AvgIpc) is 2.30. The van der Waals surface area contributed by atoms with Gasteiger partial charge in [0.1, 0.15) is 5.75 Å². The molecule has 0 spiro atoms. The van der Waals surface area contributed by atoms with E-state index < -0.39 is 0 Å². The molecule has 0 aromatic heterocycles. The molecule has 0 amide bonds. The van der Waals surface area contributed by atoms with Crippen LogP contribution >= 0.6 is 0 Å². The smallest absolute Gasteiger partial charge is 0.150 e. The van der Waals surface area contributed by atoms with Gasteiger partial charge >= 0.3 is 0 Å². The van der Waals surface area contributed by atoms with Crippen molar-refractivity contribution in [2.75, 3.05) is 5.73 Å². The number of ether oxygens (including phenoxy) is 1. The van der Waals surface area contributed by atoms with Gasteiger partial charge in [0.15, 0.2) is 5.75 Å². The molecule has 0 atom stereocenters. The van der Waals surface area contributed by atoms with Gasteiger partial charge in [0, 0.05) is 0 Å². The van der Waals surface area contributed by atoms with Gasteiger partial charge < -0.3 is 10.5 Å². The monoisotopic (exact) mass is 241 g/mol. The Bertz CT molecular complexity index is 588. The van der Waals surface area contributed by atoms with Crippen LogP contribution in [0.25, 0.3) is 0 Å². The van der Waals surface area contributed by atoms with Gasteiger partial charge in [-0.2, -0.15) is 0 Å². The quantitative estimate of drug-likeness (QED) is 0.796. The van der Waals surface area contributed by atoms with E-state index in [-0.39, 0.29) is 0 Å². The predicted octanol–water partition coefficient (Wildman–Crippen LogP) is 4.29. The van der Waals surface area contributed by atoms with Crippen molar-refractivity contribution in [2.24, 2.45) is 0 Å². The van der Waals surface area contributed by atoms with Crippen LogP contribution in [-0.4, -0.2) is 0 Å². The van der Waals surface area contributed by atoms with E-state index in [1.54, 1.807) is 0 Å². The standard InChI is InChI=1S/C16H19NO/c1-10-5-6-14(17)16(8-10)18-15-9-11(2)7-12(3)13(15)4/h5-9H,17H2,1-4H3. The molecule has 2 aromatic rings. The summed E-state index contributed by atoms with van der Waals surface area (Å²) in [6.45, 7) is 8.25. The number of aryl methyl sites for hydroxylation is 3. The number of nitrogens with two attached hydrogens (primary N) is 1. The van der Waals surface area contributed by atoms with Crippen LogP contribution in [0.15, 0.2) is 30.3 Å². The highest BCUT2D eigenvalue weighted by Crippen LogP contribution is 2.32. The molecular weight excluding hydrogens is 222 g/mol. The fourth-order valence-corrected chi connectivity index (χ4v) is 1.96. The molecule has 0 radical (unpaired) electrons. The molecule has 0 aliphatic rings. The lowest BCUT2D eigenvalue weighted by Crippen LogP contribution is -1.96. The summed E-state index contributed by atoms with van der Waals surface area (Å²) in [5.74, 6) is 1.60. The van der Waals surface area contributed by atoms with Gasteiger partial charge in [-0.15, -0.1) is 0 Å². The summed E-state index contributed by atoms with van der Waals surface area (Å²) in [6, 6.07) is 10.0. The number of benzene rings is 2. The topological polar surface area (TPSA) is 35.2 Å². The molecule has 0 aliphatic carbocycles. The molecule has 0 unspecified atom stereocenters. The van der Waals surface area contributed by atoms with Gasteiger partial charge in [-0.25, -0.2) is 0 Å². The van der Waals surface area contributed by atoms with Crippen molar-refractivity contribution >= 4 is 5.69 Å². The first-order valence-corrected chi connectivity index (χ1v) is 6.09. The molecule has 18 heavy (non-hydrogen) atoms. The number of hydrogen-bond acceptors (Lipinski definition) is 2. The van der Waals surface area contributed by atoms with Gasteiger partial charge in [-0.05, 0) is 68.1 Å². The minimum atomic E-state index is 0.666. The lowest BCUT2D eigenvalue weighted by Gasteiger charge is -2.14. The van der Waals surface area contributed by atoms with E-state index >= 15 is 0 Å².